The molecule has 6 nitrogen and oxygen atoms in total. The van der Waals surface area contributed by atoms with Crippen molar-refractivity contribution in [2.45, 2.75) is 13.5 Å². The number of aryl methyl sites for hydroxylation is 1. The fourth-order valence-electron chi connectivity index (χ4n) is 1.59. The predicted molar refractivity (Wildman–Crippen MR) is 76.1 cm³/mol. The second-order valence-corrected chi connectivity index (χ2v) is 5.17. The van der Waals surface area contributed by atoms with Gasteiger partial charge in [0.1, 0.15) is 16.9 Å². The summed E-state index contributed by atoms with van der Waals surface area (Å²) in [6, 6.07) is 1.19. The highest BCUT2D eigenvalue weighted by atomic mass is 35.5. The lowest BCUT2D eigenvalue weighted by molar-refractivity contribution is -0.385. The molecule has 0 atom stereocenters. The van der Waals surface area contributed by atoms with Gasteiger partial charge in [-0.15, -0.1) is 0 Å². The first-order valence-electron chi connectivity index (χ1n) is 5.59. The molecule has 0 saturated carbocycles. The SMILES string of the molecule is Cc1cscc1CNC(=O)c1cc(Cl)ncc1[N+](=O)[O-]. The van der Waals surface area contributed by atoms with Crippen LogP contribution in [0.1, 0.15) is 21.5 Å². The number of amides is 1. The van der Waals surface area contributed by atoms with Crippen LogP contribution < -0.4 is 5.32 Å². The number of rotatable bonds is 4. The van der Waals surface area contributed by atoms with Crippen molar-refractivity contribution in [1.82, 2.24) is 10.3 Å². The zero-order valence-electron chi connectivity index (χ0n) is 10.4. The van der Waals surface area contributed by atoms with Gasteiger partial charge in [0.25, 0.3) is 11.6 Å². The summed E-state index contributed by atoms with van der Waals surface area (Å²) < 4.78 is 0. The zero-order valence-corrected chi connectivity index (χ0v) is 12.0. The molecule has 2 heterocycles. The van der Waals surface area contributed by atoms with Gasteiger partial charge in [0, 0.05) is 6.54 Å². The third kappa shape index (κ3) is 3.12. The van der Waals surface area contributed by atoms with E-state index in [1.807, 2.05) is 17.7 Å². The van der Waals surface area contributed by atoms with Crippen molar-refractivity contribution in [1.29, 1.82) is 0 Å². The van der Waals surface area contributed by atoms with Crippen molar-refractivity contribution in [2.75, 3.05) is 0 Å². The van der Waals surface area contributed by atoms with Gasteiger partial charge in [0.2, 0.25) is 0 Å². The highest BCUT2D eigenvalue weighted by Gasteiger charge is 2.21. The molecule has 0 aromatic carbocycles. The second-order valence-electron chi connectivity index (χ2n) is 4.04. The molecule has 0 radical (unpaired) electrons. The van der Waals surface area contributed by atoms with E-state index >= 15 is 0 Å². The van der Waals surface area contributed by atoms with Gasteiger partial charge in [-0.2, -0.15) is 11.3 Å². The van der Waals surface area contributed by atoms with E-state index in [1.165, 1.54) is 17.4 Å². The lowest BCUT2D eigenvalue weighted by Gasteiger charge is -2.06. The van der Waals surface area contributed by atoms with Gasteiger partial charge < -0.3 is 5.32 Å². The van der Waals surface area contributed by atoms with Crippen LogP contribution in [-0.2, 0) is 6.54 Å². The molecule has 1 amide bonds. The molecule has 2 aromatic heterocycles. The highest BCUT2D eigenvalue weighted by Crippen LogP contribution is 2.20. The lowest BCUT2D eigenvalue weighted by atomic mass is 10.2. The topological polar surface area (TPSA) is 85.1 Å². The monoisotopic (exact) mass is 311 g/mol. The van der Waals surface area contributed by atoms with Crippen LogP contribution in [0.3, 0.4) is 0 Å². The Hall–Kier alpha value is -1.99. The summed E-state index contributed by atoms with van der Waals surface area (Å²) in [6.07, 6.45) is 0.979. The Bertz CT molecular complexity index is 672. The summed E-state index contributed by atoms with van der Waals surface area (Å²) >= 11 is 7.21. The Balaban J connectivity index is 2.19. The highest BCUT2D eigenvalue weighted by molar-refractivity contribution is 7.08. The number of nitrogens with one attached hydrogen (secondary N) is 1. The summed E-state index contributed by atoms with van der Waals surface area (Å²) in [7, 11) is 0. The molecule has 8 heteroatoms. The van der Waals surface area contributed by atoms with E-state index in [4.69, 9.17) is 11.6 Å². The van der Waals surface area contributed by atoms with E-state index in [0.717, 1.165) is 17.3 Å². The van der Waals surface area contributed by atoms with Gasteiger partial charge in [0.15, 0.2) is 0 Å². The van der Waals surface area contributed by atoms with E-state index in [-0.39, 0.29) is 16.4 Å². The first-order chi connectivity index (χ1) is 9.49. The van der Waals surface area contributed by atoms with Gasteiger partial charge in [-0.3, -0.25) is 14.9 Å². The Morgan fingerprint density at radius 3 is 2.90 bits per heavy atom. The van der Waals surface area contributed by atoms with Crippen LogP contribution in [0.5, 0.6) is 0 Å². The van der Waals surface area contributed by atoms with Gasteiger partial charge in [-0.25, -0.2) is 4.98 Å². The molecule has 0 aliphatic heterocycles. The minimum atomic E-state index is -0.659. The summed E-state index contributed by atoms with van der Waals surface area (Å²) in [5, 5.41) is 17.4. The van der Waals surface area contributed by atoms with Gasteiger partial charge in [-0.1, -0.05) is 11.6 Å². The Morgan fingerprint density at radius 1 is 1.55 bits per heavy atom. The number of hydrogen-bond donors (Lipinski definition) is 1. The number of thiophene rings is 1. The molecule has 0 saturated heterocycles. The van der Waals surface area contributed by atoms with E-state index < -0.39 is 10.8 Å². The molecule has 0 bridgehead atoms. The van der Waals surface area contributed by atoms with Crippen LogP contribution in [-0.4, -0.2) is 15.8 Å². The first-order valence-corrected chi connectivity index (χ1v) is 6.91. The largest absolute Gasteiger partial charge is 0.348 e. The van der Waals surface area contributed by atoms with E-state index in [1.54, 1.807) is 0 Å². The van der Waals surface area contributed by atoms with Gasteiger partial charge >= 0.3 is 0 Å². The van der Waals surface area contributed by atoms with E-state index in [9.17, 15) is 14.9 Å². The number of pyridine rings is 1. The molecule has 0 spiro atoms. The summed E-state index contributed by atoms with van der Waals surface area (Å²) in [6.45, 7) is 2.25. The fourth-order valence-corrected chi connectivity index (χ4v) is 2.60. The number of halogens is 1. The number of aromatic nitrogens is 1. The normalized spacial score (nSPS) is 10.3. The molecule has 2 aromatic rings. The quantitative estimate of drug-likeness (QED) is 0.534. The van der Waals surface area contributed by atoms with Gasteiger partial charge in [-0.05, 0) is 34.9 Å². The maximum absolute atomic E-state index is 12.0. The summed E-state index contributed by atoms with van der Waals surface area (Å²) in [5.41, 5.74) is 1.58. The second kappa shape index (κ2) is 5.98. The smallest absolute Gasteiger partial charge is 0.300 e. The average Bonchev–Trinajstić information content (AvgIpc) is 2.81. The van der Waals surface area contributed by atoms with E-state index in [2.05, 4.69) is 10.3 Å². The Morgan fingerprint density at radius 2 is 2.30 bits per heavy atom. The van der Waals surface area contributed by atoms with Crippen molar-refractivity contribution in [3.8, 4) is 0 Å². The third-order valence-corrected chi connectivity index (χ3v) is 3.81. The molecule has 20 heavy (non-hydrogen) atoms. The molecule has 0 unspecified atom stereocenters. The van der Waals surface area contributed by atoms with Gasteiger partial charge in [0.05, 0.1) is 4.92 Å². The Kier molecular flexibility index (Phi) is 4.31. The van der Waals surface area contributed by atoms with Crippen LogP contribution in [0.2, 0.25) is 5.15 Å². The molecule has 0 fully saturated rings. The number of nitro groups is 1. The van der Waals surface area contributed by atoms with E-state index in [0.29, 0.717) is 6.54 Å². The minimum absolute atomic E-state index is 0.0347. The van der Waals surface area contributed by atoms with Crippen molar-refractivity contribution in [2.24, 2.45) is 0 Å². The number of carbonyl (C=O) groups is 1. The minimum Gasteiger partial charge on any atom is -0.348 e. The van der Waals surface area contributed by atoms with Crippen LogP contribution in [0.4, 0.5) is 5.69 Å². The Labute approximate surface area is 123 Å². The number of carbonyl (C=O) groups excluding carboxylic acids is 1. The third-order valence-electron chi connectivity index (χ3n) is 2.69. The zero-order chi connectivity index (χ0) is 14.7. The predicted octanol–water partition coefficient (Wildman–Crippen LogP) is 2.94. The maximum Gasteiger partial charge on any atom is 0.300 e. The fraction of sp³-hybridized carbons (Fsp3) is 0.167. The maximum atomic E-state index is 12.0. The van der Waals surface area contributed by atoms with Crippen LogP contribution >= 0.6 is 22.9 Å². The molecular weight excluding hydrogens is 302 g/mol. The number of nitrogens with zero attached hydrogens (tertiary/aromatic N) is 2. The molecule has 0 aliphatic carbocycles. The summed E-state index contributed by atoms with van der Waals surface area (Å²) in [4.78, 5) is 25.9. The standard InChI is InChI=1S/C12H10ClN3O3S/c1-7-5-20-6-8(7)3-15-12(17)9-2-11(13)14-4-10(9)16(18)19/h2,4-6H,3H2,1H3,(H,15,17). The van der Waals surface area contributed by atoms with Crippen LogP contribution in [0.15, 0.2) is 23.0 Å². The number of hydrogen-bond acceptors (Lipinski definition) is 5. The molecular formula is C12H10ClN3O3S. The average molecular weight is 312 g/mol. The van der Waals surface area contributed by atoms with Crippen LogP contribution in [0, 0.1) is 17.0 Å². The molecule has 0 aliphatic rings. The lowest BCUT2D eigenvalue weighted by Crippen LogP contribution is -2.24. The van der Waals surface area contributed by atoms with Crippen molar-refractivity contribution in [3.63, 3.8) is 0 Å². The van der Waals surface area contributed by atoms with Crippen molar-refractivity contribution < 1.29 is 9.72 Å². The molecule has 2 rings (SSSR count). The first kappa shape index (κ1) is 14.4. The molecule has 104 valence electrons. The molecule has 1 N–H and O–H groups in total. The van der Waals surface area contributed by atoms with Crippen LogP contribution in [0.25, 0.3) is 0 Å². The summed E-state index contributed by atoms with van der Waals surface area (Å²) in [5.74, 6) is -0.549. The van der Waals surface area contributed by atoms with Crippen molar-refractivity contribution >= 4 is 34.5 Å². The van der Waals surface area contributed by atoms with Crippen molar-refractivity contribution in [3.05, 3.63) is 55.0 Å².